The molecule has 0 bridgehead atoms. The zero-order valence-electron chi connectivity index (χ0n) is 17.7. The lowest BCUT2D eigenvalue weighted by atomic mass is 10.1. The van der Waals surface area contributed by atoms with Crippen molar-refractivity contribution in [2.45, 2.75) is 13.0 Å². The molecule has 1 aliphatic heterocycles. The zero-order chi connectivity index (χ0) is 23.8. The number of pyridine rings is 1. The molecule has 0 spiro atoms. The summed E-state index contributed by atoms with van der Waals surface area (Å²) in [6.07, 6.45) is 4.23. The summed E-state index contributed by atoms with van der Waals surface area (Å²) in [7, 11) is 0. The Hall–Kier alpha value is -3.41. The molecule has 1 aromatic carbocycles. The number of hydrogen-bond acceptors (Lipinski definition) is 8. The molecule has 10 nitrogen and oxygen atoms in total. The standard InChI is InChI=1S/C20H21N3O3S.C2H2O4/c24-19(16-3-1-6-21-14-16)15-4-5-17-18(13-15)27-20(25)23(17)9-8-22-7-2-11-26-12-10-22;3-1(4)2(5)6/h1,3-6,13-14H,2,7-12H2;(H,3,4)(H,5,6). The molecule has 0 aliphatic carbocycles. The fourth-order valence-corrected chi connectivity index (χ4v) is 4.30. The number of fused-ring (bicyclic) bond motifs is 1. The maximum Gasteiger partial charge on any atom is 0.414 e. The van der Waals surface area contributed by atoms with Crippen LogP contribution in [0, 0.1) is 0 Å². The number of nitrogens with zero attached hydrogens (tertiary/aromatic N) is 3. The molecular weight excluding hydrogens is 450 g/mol. The van der Waals surface area contributed by atoms with Gasteiger partial charge in [0.15, 0.2) is 5.78 Å². The van der Waals surface area contributed by atoms with Crippen LogP contribution in [-0.4, -0.2) is 75.2 Å². The van der Waals surface area contributed by atoms with Gasteiger partial charge in [-0.3, -0.25) is 24.0 Å². The highest BCUT2D eigenvalue weighted by atomic mass is 32.1. The number of carbonyl (C=O) groups excluding carboxylic acids is 1. The normalized spacial score (nSPS) is 14.2. The number of thiazole rings is 1. The molecule has 11 heteroatoms. The minimum Gasteiger partial charge on any atom is -0.473 e. The van der Waals surface area contributed by atoms with Gasteiger partial charge in [-0.05, 0) is 36.8 Å². The van der Waals surface area contributed by atoms with Crippen molar-refractivity contribution in [2.24, 2.45) is 0 Å². The fourth-order valence-electron chi connectivity index (χ4n) is 3.35. The van der Waals surface area contributed by atoms with Crippen LogP contribution in [0.3, 0.4) is 0 Å². The summed E-state index contributed by atoms with van der Waals surface area (Å²) in [4.78, 5) is 49.6. The van der Waals surface area contributed by atoms with Gasteiger partial charge in [0.05, 0.1) is 16.8 Å². The van der Waals surface area contributed by atoms with E-state index in [9.17, 15) is 9.59 Å². The van der Waals surface area contributed by atoms with E-state index in [-0.39, 0.29) is 10.7 Å². The van der Waals surface area contributed by atoms with E-state index in [1.54, 1.807) is 30.6 Å². The summed E-state index contributed by atoms with van der Waals surface area (Å²) in [6.45, 7) is 4.94. The molecule has 1 fully saturated rings. The maximum atomic E-state index is 12.6. The lowest BCUT2D eigenvalue weighted by Crippen LogP contribution is -2.31. The topological polar surface area (TPSA) is 139 Å². The summed E-state index contributed by atoms with van der Waals surface area (Å²) in [6, 6.07) is 8.97. The highest BCUT2D eigenvalue weighted by molar-refractivity contribution is 7.16. The number of carboxylic acid groups (broad SMARTS) is 2. The first-order valence-electron chi connectivity index (χ1n) is 10.2. The number of rotatable bonds is 5. The largest absolute Gasteiger partial charge is 0.473 e. The number of carboxylic acids is 2. The molecule has 4 rings (SSSR count). The fraction of sp³-hybridized carbons (Fsp3) is 0.318. The summed E-state index contributed by atoms with van der Waals surface area (Å²) in [5.41, 5.74) is 2.01. The van der Waals surface area contributed by atoms with Crippen LogP contribution in [0.15, 0.2) is 47.5 Å². The molecule has 3 aromatic rings. The van der Waals surface area contributed by atoms with Gasteiger partial charge >= 0.3 is 16.8 Å². The Morgan fingerprint density at radius 2 is 1.82 bits per heavy atom. The van der Waals surface area contributed by atoms with Crippen LogP contribution in [0.4, 0.5) is 0 Å². The first-order valence-corrected chi connectivity index (χ1v) is 11.0. The second-order valence-corrected chi connectivity index (χ2v) is 8.18. The number of hydrogen-bond donors (Lipinski definition) is 2. The van der Waals surface area contributed by atoms with E-state index in [4.69, 9.17) is 24.5 Å². The van der Waals surface area contributed by atoms with Crippen LogP contribution in [-0.2, 0) is 20.9 Å². The Morgan fingerprint density at radius 3 is 2.52 bits per heavy atom. The Balaban J connectivity index is 0.000000454. The Morgan fingerprint density at radius 1 is 1.03 bits per heavy atom. The maximum absolute atomic E-state index is 12.6. The third kappa shape index (κ3) is 6.54. The average Bonchev–Trinajstić information content (AvgIpc) is 2.95. The van der Waals surface area contributed by atoms with Gasteiger partial charge in [0.1, 0.15) is 0 Å². The molecule has 0 saturated carbocycles. The number of ketones is 1. The quantitative estimate of drug-likeness (QED) is 0.417. The average molecular weight is 474 g/mol. The molecule has 0 unspecified atom stereocenters. The van der Waals surface area contributed by atoms with Crippen molar-refractivity contribution in [3.05, 3.63) is 63.5 Å². The second-order valence-electron chi connectivity index (χ2n) is 7.19. The van der Waals surface area contributed by atoms with Crippen molar-refractivity contribution >= 4 is 39.3 Å². The SMILES string of the molecule is O=C(O)C(=O)O.O=C(c1cccnc1)c1ccc2c(c1)sc(=O)n2CCN1CCCOCC1. The van der Waals surface area contributed by atoms with Gasteiger partial charge in [-0.25, -0.2) is 9.59 Å². The molecular formula is C22H23N3O7S. The number of benzene rings is 1. The van der Waals surface area contributed by atoms with E-state index >= 15 is 0 Å². The van der Waals surface area contributed by atoms with Crippen LogP contribution in [0.5, 0.6) is 0 Å². The highest BCUT2D eigenvalue weighted by Crippen LogP contribution is 2.21. The first-order chi connectivity index (χ1) is 15.9. The third-order valence-corrected chi connectivity index (χ3v) is 5.93. The van der Waals surface area contributed by atoms with Gasteiger partial charge in [-0.1, -0.05) is 11.3 Å². The Kier molecular flexibility index (Phi) is 8.41. The highest BCUT2D eigenvalue weighted by Gasteiger charge is 2.15. The van der Waals surface area contributed by atoms with E-state index < -0.39 is 11.9 Å². The molecule has 2 aromatic heterocycles. The summed E-state index contributed by atoms with van der Waals surface area (Å²) < 4.78 is 8.13. The number of carbonyl (C=O) groups is 3. The van der Waals surface area contributed by atoms with Gasteiger partial charge in [0.2, 0.25) is 0 Å². The van der Waals surface area contributed by atoms with Gasteiger partial charge in [-0.2, -0.15) is 0 Å². The summed E-state index contributed by atoms with van der Waals surface area (Å²) in [5.74, 6) is -3.73. The first kappa shape index (κ1) is 24.2. The minimum atomic E-state index is -1.82. The van der Waals surface area contributed by atoms with Crippen LogP contribution in [0.2, 0.25) is 0 Å². The summed E-state index contributed by atoms with van der Waals surface area (Å²) >= 11 is 1.19. The molecule has 1 aliphatic rings. The molecule has 1 saturated heterocycles. The van der Waals surface area contributed by atoms with Gasteiger partial charge < -0.3 is 14.9 Å². The predicted octanol–water partition coefficient (Wildman–Crippen LogP) is 1.57. The van der Waals surface area contributed by atoms with Gasteiger partial charge in [0.25, 0.3) is 0 Å². The predicted molar refractivity (Wildman–Crippen MR) is 121 cm³/mol. The van der Waals surface area contributed by atoms with E-state index in [2.05, 4.69) is 9.88 Å². The Labute approximate surface area is 192 Å². The van der Waals surface area contributed by atoms with Crippen molar-refractivity contribution in [1.29, 1.82) is 0 Å². The minimum absolute atomic E-state index is 0.0158. The number of ether oxygens (including phenoxy) is 1. The molecule has 0 radical (unpaired) electrons. The zero-order valence-corrected chi connectivity index (χ0v) is 18.5. The van der Waals surface area contributed by atoms with Crippen molar-refractivity contribution in [1.82, 2.24) is 14.5 Å². The number of aliphatic carboxylic acids is 2. The van der Waals surface area contributed by atoms with E-state index in [1.165, 1.54) is 11.3 Å². The van der Waals surface area contributed by atoms with Gasteiger partial charge in [-0.15, -0.1) is 0 Å². The molecule has 0 atom stereocenters. The van der Waals surface area contributed by atoms with Crippen molar-refractivity contribution in [2.75, 3.05) is 32.8 Å². The van der Waals surface area contributed by atoms with E-state index in [0.29, 0.717) is 17.7 Å². The smallest absolute Gasteiger partial charge is 0.414 e. The van der Waals surface area contributed by atoms with E-state index in [0.717, 1.165) is 49.5 Å². The molecule has 3 heterocycles. The Bertz CT molecular complexity index is 1170. The van der Waals surface area contributed by atoms with Crippen LogP contribution in [0.1, 0.15) is 22.3 Å². The van der Waals surface area contributed by atoms with Crippen LogP contribution in [0.25, 0.3) is 10.2 Å². The third-order valence-electron chi connectivity index (χ3n) is 4.99. The van der Waals surface area contributed by atoms with Crippen molar-refractivity contribution < 1.29 is 29.3 Å². The number of aromatic nitrogens is 2. The second kappa shape index (κ2) is 11.5. The monoisotopic (exact) mass is 473 g/mol. The molecule has 2 N–H and O–H groups in total. The lowest BCUT2D eigenvalue weighted by molar-refractivity contribution is -0.159. The molecule has 174 valence electrons. The summed E-state index contributed by atoms with van der Waals surface area (Å²) in [5, 5.41) is 14.8. The van der Waals surface area contributed by atoms with Gasteiger partial charge in [0, 0.05) is 56.3 Å². The lowest BCUT2D eigenvalue weighted by Gasteiger charge is -2.19. The molecule has 33 heavy (non-hydrogen) atoms. The van der Waals surface area contributed by atoms with Crippen LogP contribution < -0.4 is 4.87 Å². The van der Waals surface area contributed by atoms with Crippen molar-refractivity contribution in [3.63, 3.8) is 0 Å². The molecule has 0 amide bonds. The van der Waals surface area contributed by atoms with E-state index in [1.807, 2.05) is 16.7 Å². The van der Waals surface area contributed by atoms with Crippen LogP contribution >= 0.6 is 11.3 Å². The van der Waals surface area contributed by atoms with Crippen molar-refractivity contribution in [3.8, 4) is 0 Å².